The fourth-order valence-corrected chi connectivity index (χ4v) is 3.44. The lowest BCUT2D eigenvalue weighted by Crippen LogP contribution is -2.37. The number of aryl methyl sites for hydroxylation is 1. The van der Waals surface area contributed by atoms with Gasteiger partial charge in [-0.15, -0.1) is 0 Å². The van der Waals surface area contributed by atoms with Gasteiger partial charge in [0.25, 0.3) is 0 Å². The van der Waals surface area contributed by atoms with Gasteiger partial charge in [0, 0.05) is 12.5 Å². The normalized spacial score (nSPS) is 12.7. The lowest BCUT2D eigenvalue weighted by atomic mass is 9.79. The van der Waals surface area contributed by atoms with Crippen molar-refractivity contribution in [1.29, 1.82) is 0 Å². The third-order valence-electron chi connectivity index (χ3n) is 4.40. The zero-order chi connectivity index (χ0) is 18.4. The van der Waals surface area contributed by atoms with Crippen molar-refractivity contribution in [3.8, 4) is 0 Å². The highest BCUT2D eigenvalue weighted by Crippen LogP contribution is 2.28. The predicted octanol–water partition coefficient (Wildman–Crippen LogP) is 5.80. The summed E-state index contributed by atoms with van der Waals surface area (Å²) in [6.45, 7) is 6.48. The van der Waals surface area contributed by atoms with Crippen LogP contribution in [0.3, 0.4) is 0 Å². The van der Waals surface area contributed by atoms with E-state index in [9.17, 15) is 4.79 Å². The van der Waals surface area contributed by atoms with Crippen molar-refractivity contribution in [3.05, 3.63) is 69.7 Å². The van der Waals surface area contributed by atoms with Crippen LogP contribution in [0.25, 0.3) is 0 Å². The zero-order valence-electron chi connectivity index (χ0n) is 15.0. The van der Waals surface area contributed by atoms with E-state index in [-0.39, 0.29) is 17.4 Å². The zero-order valence-corrected chi connectivity index (χ0v) is 16.5. The van der Waals surface area contributed by atoms with Crippen LogP contribution >= 0.6 is 23.2 Å². The molecule has 0 bridgehead atoms. The number of carbonyl (C=O) groups is 1. The molecule has 0 unspecified atom stereocenters. The average Bonchev–Trinajstić information content (AvgIpc) is 2.56. The molecule has 0 aliphatic rings. The van der Waals surface area contributed by atoms with E-state index in [4.69, 9.17) is 23.2 Å². The largest absolute Gasteiger partial charge is 0.354 e. The molecular formula is C21H25Cl2NO. The second-order valence-corrected chi connectivity index (χ2v) is 7.99. The Morgan fingerprint density at radius 1 is 1.08 bits per heavy atom. The quantitative estimate of drug-likeness (QED) is 0.648. The first-order chi connectivity index (χ1) is 11.8. The van der Waals surface area contributed by atoms with Crippen LogP contribution in [0.15, 0.2) is 48.5 Å². The molecule has 1 atom stereocenters. The van der Waals surface area contributed by atoms with Crippen LogP contribution in [0.1, 0.15) is 44.7 Å². The SMILES string of the molecule is C[C@H](CC(C)(C)c1ccccc1)NC(=O)CCc1ccc(Cl)c(Cl)c1. The van der Waals surface area contributed by atoms with E-state index in [0.717, 1.165) is 12.0 Å². The van der Waals surface area contributed by atoms with Crippen molar-refractivity contribution in [1.82, 2.24) is 5.32 Å². The number of amides is 1. The minimum Gasteiger partial charge on any atom is -0.354 e. The summed E-state index contributed by atoms with van der Waals surface area (Å²) in [5.41, 5.74) is 2.31. The van der Waals surface area contributed by atoms with Gasteiger partial charge in [0.05, 0.1) is 10.0 Å². The minimum atomic E-state index is 0.0116. The molecule has 0 radical (unpaired) electrons. The molecule has 4 heteroatoms. The minimum absolute atomic E-state index is 0.0116. The van der Waals surface area contributed by atoms with E-state index in [0.29, 0.717) is 22.9 Å². The number of hydrogen-bond acceptors (Lipinski definition) is 1. The van der Waals surface area contributed by atoms with Crippen molar-refractivity contribution in [2.24, 2.45) is 0 Å². The summed E-state index contributed by atoms with van der Waals surface area (Å²) in [6.07, 6.45) is 1.97. The molecule has 1 amide bonds. The molecule has 0 fully saturated rings. The van der Waals surface area contributed by atoms with E-state index >= 15 is 0 Å². The monoisotopic (exact) mass is 377 g/mol. The first-order valence-electron chi connectivity index (χ1n) is 8.57. The Morgan fingerprint density at radius 2 is 1.76 bits per heavy atom. The Bertz CT molecular complexity index is 713. The van der Waals surface area contributed by atoms with Crippen LogP contribution in [0.5, 0.6) is 0 Å². The third-order valence-corrected chi connectivity index (χ3v) is 5.14. The van der Waals surface area contributed by atoms with Crippen molar-refractivity contribution in [2.75, 3.05) is 0 Å². The van der Waals surface area contributed by atoms with Crippen LogP contribution in [-0.4, -0.2) is 11.9 Å². The molecule has 0 aliphatic carbocycles. The van der Waals surface area contributed by atoms with Gasteiger partial charge in [0.2, 0.25) is 5.91 Å². The highest BCUT2D eigenvalue weighted by Gasteiger charge is 2.23. The Kier molecular flexibility index (Phi) is 6.92. The standard InChI is InChI=1S/C21H25Cl2NO/c1-15(14-21(2,3)17-7-5-4-6-8-17)24-20(25)12-10-16-9-11-18(22)19(23)13-16/h4-9,11,13,15H,10,12,14H2,1-3H3,(H,24,25)/t15-/m1/s1. The van der Waals surface area contributed by atoms with Crippen molar-refractivity contribution in [2.45, 2.75) is 51.5 Å². The molecule has 0 saturated heterocycles. The number of benzene rings is 2. The molecule has 134 valence electrons. The number of hydrogen-bond donors (Lipinski definition) is 1. The first kappa shape index (κ1) is 19.8. The number of carbonyl (C=O) groups excluding carboxylic acids is 1. The maximum Gasteiger partial charge on any atom is 0.220 e. The van der Waals surface area contributed by atoms with Gasteiger partial charge < -0.3 is 5.32 Å². The summed E-state index contributed by atoms with van der Waals surface area (Å²) in [7, 11) is 0. The fraction of sp³-hybridized carbons (Fsp3) is 0.381. The molecule has 0 spiro atoms. The molecule has 0 aliphatic heterocycles. The highest BCUT2D eigenvalue weighted by molar-refractivity contribution is 6.42. The average molecular weight is 378 g/mol. The van der Waals surface area contributed by atoms with E-state index in [1.807, 2.05) is 18.2 Å². The van der Waals surface area contributed by atoms with Gasteiger partial charge >= 0.3 is 0 Å². The fourth-order valence-electron chi connectivity index (χ4n) is 3.12. The summed E-state index contributed by atoms with van der Waals surface area (Å²) < 4.78 is 0. The molecule has 2 aromatic rings. The summed E-state index contributed by atoms with van der Waals surface area (Å²) >= 11 is 11.9. The Hall–Kier alpha value is -1.51. The van der Waals surface area contributed by atoms with Crippen LogP contribution in [-0.2, 0) is 16.6 Å². The van der Waals surface area contributed by atoms with Crippen molar-refractivity contribution in [3.63, 3.8) is 0 Å². The number of nitrogens with one attached hydrogen (secondary N) is 1. The summed E-state index contributed by atoms with van der Waals surface area (Å²) in [5.74, 6) is 0.0578. The van der Waals surface area contributed by atoms with E-state index in [1.165, 1.54) is 5.56 Å². The maximum atomic E-state index is 12.2. The topological polar surface area (TPSA) is 29.1 Å². The lowest BCUT2D eigenvalue weighted by Gasteiger charge is -2.29. The molecule has 2 nitrogen and oxygen atoms in total. The maximum absolute atomic E-state index is 12.2. The predicted molar refractivity (Wildman–Crippen MR) is 106 cm³/mol. The van der Waals surface area contributed by atoms with Gasteiger partial charge in [-0.2, -0.15) is 0 Å². The molecule has 25 heavy (non-hydrogen) atoms. The summed E-state index contributed by atoms with van der Waals surface area (Å²) in [5, 5.41) is 4.16. The smallest absolute Gasteiger partial charge is 0.220 e. The molecule has 2 rings (SSSR count). The molecule has 0 saturated carbocycles. The molecular weight excluding hydrogens is 353 g/mol. The van der Waals surface area contributed by atoms with Crippen molar-refractivity contribution < 1.29 is 4.79 Å². The highest BCUT2D eigenvalue weighted by atomic mass is 35.5. The second kappa shape index (κ2) is 8.73. The van der Waals surface area contributed by atoms with E-state index in [1.54, 1.807) is 6.07 Å². The van der Waals surface area contributed by atoms with Crippen molar-refractivity contribution >= 4 is 29.1 Å². The molecule has 0 heterocycles. The second-order valence-electron chi connectivity index (χ2n) is 7.17. The van der Waals surface area contributed by atoms with Gasteiger partial charge in [0.15, 0.2) is 0 Å². The Morgan fingerprint density at radius 3 is 2.40 bits per heavy atom. The number of rotatable bonds is 7. The Labute approximate surface area is 160 Å². The van der Waals surface area contributed by atoms with Crippen LogP contribution in [0, 0.1) is 0 Å². The molecule has 0 aromatic heterocycles. The molecule has 1 N–H and O–H groups in total. The third kappa shape index (κ3) is 6.05. The lowest BCUT2D eigenvalue weighted by molar-refractivity contribution is -0.121. The van der Waals surface area contributed by atoms with Crippen LogP contribution < -0.4 is 5.32 Å². The van der Waals surface area contributed by atoms with Gasteiger partial charge in [-0.1, -0.05) is 73.4 Å². The van der Waals surface area contributed by atoms with Gasteiger partial charge in [-0.25, -0.2) is 0 Å². The molecule has 2 aromatic carbocycles. The van der Waals surface area contributed by atoms with Gasteiger partial charge in [-0.05, 0) is 48.4 Å². The van der Waals surface area contributed by atoms with Crippen LogP contribution in [0.2, 0.25) is 10.0 Å². The van der Waals surface area contributed by atoms with E-state index in [2.05, 4.69) is 50.4 Å². The first-order valence-corrected chi connectivity index (χ1v) is 9.32. The summed E-state index contributed by atoms with van der Waals surface area (Å²) in [4.78, 5) is 12.2. The summed E-state index contributed by atoms with van der Waals surface area (Å²) in [6, 6.07) is 16.0. The Balaban J connectivity index is 1.84. The van der Waals surface area contributed by atoms with Gasteiger partial charge in [-0.3, -0.25) is 4.79 Å². The van der Waals surface area contributed by atoms with Crippen LogP contribution in [0.4, 0.5) is 0 Å². The van der Waals surface area contributed by atoms with E-state index < -0.39 is 0 Å². The number of halogens is 2. The van der Waals surface area contributed by atoms with Gasteiger partial charge in [0.1, 0.15) is 0 Å².